The average molecular weight is 548 g/mol. The van der Waals surface area contributed by atoms with Gasteiger partial charge in [0.1, 0.15) is 17.4 Å². The first-order chi connectivity index (χ1) is 19.1. The van der Waals surface area contributed by atoms with Crippen LogP contribution in [0.2, 0.25) is 0 Å². The molecule has 0 aliphatic carbocycles. The van der Waals surface area contributed by atoms with Gasteiger partial charge in [0.2, 0.25) is 0 Å². The van der Waals surface area contributed by atoms with Crippen LogP contribution in [0.4, 0.5) is 9.59 Å². The van der Waals surface area contributed by atoms with Crippen molar-refractivity contribution in [1.29, 1.82) is 0 Å². The molecule has 0 saturated carbocycles. The fraction of sp³-hybridized carbons (Fsp3) is 0.296. The van der Waals surface area contributed by atoms with Crippen molar-refractivity contribution in [2.75, 3.05) is 32.8 Å². The van der Waals surface area contributed by atoms with E-state index in [9.17, 15) is 9.59 Å². The van der Waals surface area contributed by atoms with Crippen LogP contribution in [0.5, 0.6) is 5.75 Å². The van der Waals surface area contributed by atoms with E-state index in [1.165, 1.54) is 0 Å². The van der Waals surface area contributed by atoms with Gasteiger partial charge in [-0.3, -0.25) is 0 Å². The summed E-state index contributed by atoms with van der Waals surface area (Å²) in [6, 6.07) is 15.8. The third kappa shape index (κ3) is 6.71. The summed E-state index contributed by atoms with van der Waals surface area (Å²) in [4.78, 5) is 29.1. The molecule has 1 aliphatic rings. The first-order valence-corrected chi connectivity index (χ1v) is 13.6. The van der Waals surface area contributed by atoms with E-state index < -0.39 is 6.09 Å². The summed E-state index contributed by atoms with van der Waals surface area (Å²) < 4.78 is 7.93. The molecule has 3 heterocycles. The molecule has 202 valence electrons. The Morgan fingerprint density at radius 1 is 1.18 bits per heavy atom. The molecule has 1 fully saturated rings. The number of carbonyl (C=O) groups excluding carboxylic acids is 1. The van der Waals surface area contributed by atoms with Crippen molar-refractivity contribution in [3.05, 3.63) is 65.8 Å². The van der Waals surface area contributed by atoms with Gasteiger partial charge in [-0.1, -0.05) is 35.5 Å². The molecule has 2 aromatic heterocycles. The number of hydrogen-bond donors (Lipinski definition) is 3. The van der Waals surface area contributed by atoms with Crippen molar-refractivity contribution in [1.82, 2.24) is 35.5 Å². The molecule has 3 amide bonds. The second-order valence-corrected chi connectivity index (χ2v) is 9.85. The van der Waals surface area contributed by atoms with Crippen molar-refractivity contribution in [2.24, 2.45) is 0 Å². The minimum atomic E-state index is -1.01. The lowest BCUT2D eigenvalue weighted by Gasteiger charge is -2.16. The number of ether oxygens (including phenoxy) is 1. The second kappa shape index (κ2) is 12.4. The van der Waals surface area contributed by atoms with E-state index in [0.29, 0.717) is 45.0 Å². The molecule has 3 N–H and O–H groups in total. The molecule has 1 saturated heterocycles. The van der Waals surface area contributed by atoms with Crippen LogP contribution in [0.15, 0.2) is 60.1 Å². The number of amides is 3. The summed E-state index contributed by atoms with van der Waals surface area (Å²) in [5.41, 5.74) is 4.43. The zero-order valence-corrected chi connectivity index (χ0v) is 22.1. The van der Waals surface area contributed by atoms with Gasteiger partial charge >= 0.3 is 12.1 Å². The molecule has 5 rings (SSSR count). The number of unbranched alkanes of at least 4 members (excludes halogenated alkanes) is 1. The quantitative estimate of drug-likeness (QED) is 0.228. The average Bonchev–Trinajstić information content (AvgIpc) is 3.71. The summed E-state index contributed by atoms with van der Waals surface area (Å²) in [5.74, 6) is 0.651. The summed E-state index contributed by atoms with van der Waals surface area (Å²) in [6.07, 6.45) is 3.07. The first-order valence-electron chi connectivity index (χ1n) is 12.8. The minimum Gasteiger partial charge on any atom is -0.491 e. The van der Waals surface area contributed by atoms with Crippen molar-refractivity contribution in [3.63, 3.8) is 0 Å². The van der Waals surface area contributed by atoms with E-state index in [1.807, 2.05) is 60.1 Å². The standard InChI is InChI=1S/C27H29N7O4S/c35-26-28-12-13-33(26)14-15-38-24-16-21(34-17-20(31-32-34)8-4-5-11-29-27(36)37)9-10-22(24)25-30-23(18-39-25)19-6-2-1-3-7-19/h1-3,6-7,9-10,16-18,29H,4-5,8,11-15H2,(H,28,35)(H,36,37). The van der Waals surface area contributed by atoms with Crippen molar-refractivity contribution < 1.29 is 19.4 Å². The smallest absolute Gasteiger partial charge is 0.404 e. The third-order valence-electron chi connectivity index (χ3n) is 6.27. The van der Waals surface area contributed by atoms with Gasteiger partial charge in [-0.05, 0) is 31.4 Å². The van der Waals surface area contributed by atoms with E-state index in [2.05, 4.69) is 20.9 Å². The molecule has 2 aromatic carbocycles. The number of nitrogens with one attached hydrogen (secondary N) is 2. The van der Waals surface area contributed by atoms with Crippen LogP contribution in [0.1, 0.15) is 18.5 Å². The Morgan fingerprint density at radius 3 is 2.85 bits per heavy atom. The number of hydrogen-bond acceptors (Lipinski definition) is 7. The molecule has 0 radical (unpaired) electrons. The Balaban J connectivity index is 1.33. The van der Waals surface area contributed by atoms with Crippen LogP contribution in [-0.2, 0) is 6.42 Å². The van der Waals surface area contributed by atoms with Crippen LogP contribution in [0.3, 0.4) is 0 Å². The number of aromatic nitrogens is 4. The van der Waals surface area contributed by atoms with Crippen LogP contribution in [-0.4, -0.2) is 74.9 Å². The Labute approximate surface area is 229 Å². The minimum absolute atomic E-state index is 0.0751. The summed E-state index contributed by atoms with van der Waals surface area (Å²) in [7, 11) is 0. The Morgan fingerprint density at radius 2 is 2.05 bits per heavy atom. The lowest BCUT2D eigenvalue weighted by Crippen LogP contribution is -2.31. The molecule has 1 aliphatic heterocycles. The molecule has 39 heavy (non-hydrogen) atoms. The van der Waals surface area contributed by atoms with Crippen LogP contribution in [0, 0.1) is 0 Å². The second-order valence-electron chi connectivity index (χ2n) is 9.00. The van der Waals surface area contributed by atoms with Crippen molar-refractivity contribution >= 4 is 23.5 Å². The normalized spacial score (nSPS) is 12.9. The Bertz CT molecular complexity index is 1420. The molecular formula is C27H29N7O4S. The highest BCUT2D eigenvalue weighted by Crippen LogP contribution is 2.36. The number of benzene rings is 2. The van der Waals surface area contributed by atoms with Crippen molar-refractivity contribution in [3.8, 4) is 33.3 Å². The monoisotopic (exact) mass is 547 g/mol. The SMILES string of the molecule is O=C(O)NCCCCc1cn(-c2ccc(-c3nc(-c4ccccc4)cs3)c(OCCN3CCNC3=O)c2)nn1. The molecule has 11 nitrogen and oxygen atoms in total. The molecular weight excluding hydrogens is 518 g/mol. The molecule has 0 bridgehead atoms. The summed E-state index contributed by atoms with van der Waals surface area (Å²) >= 11 is 1.55. The van der Waals surface area contributed by atoms with Crippen LogP contribution in [0.25, 0.3) is 27.5 Å². The maximum Gasteiger partial charge on any atom is 0.404 e. The zero-order valence-electron chi connectivity index (χ0n) is 21.2. The Hall–Kier alpha value is -4.45. The summed E-state index contributed by atoms with van der Waals surface area (Å²) in [6.45, 7) is 2.54. The van der Waals surface area contributed by atoms with Crippen LogP contribution >= 0.6 is 11.3 Å². The van der Waals surface area contributed by atoms with Gasteiger partial charge < -0.3 is 25.4 Å². The van der Waals surface area contributed by atoms with Gasteiger partial charge in [0.05, 0.1) is 35.4 Å². The van der Waals surface area contributed by atoms with Gasteiger partial charge in [0.15, 0.2) is 0 Å². The van der Waals surface area contributed by atoms with Gasteiger partial charge in [0, 0.05) is 36.6 Å². The molecule has 0 atom stereocenters. The van der Waals surface area contributed by atoms with E-state index in [0.717, 1.165) is 46.1 Å². The highest BCUT2D eigenvalue weighted by atomic mass is 32.1. The number of thiazole rings is 1. The largest absolute Gasteiger partial charge is 0.491 e. The third-order valence-corrected chi connectivity index (χ3v) is 7.15. The van der Waals surface area contributed by atoms with E-state index in [-0.39, 0.29) is 6.03 Å². The lowest BCUT2D eigenvalue weighted by molar-refractivity contribution is 0.194. The fourth-order valence-electron chi connectivity index (χ4n) is 4.24. The van der Waals surface area contributed by atoms with E-state index in [1.54, 1.807) is 20.9 Å². The van der Waals surface area contributed by atoms with Crippen molar-refractivity contribution in [2.45, 2.75) is 19.3 Å². The van der Waals surface area contributed by atoms with Gasteiger partial charge in [-0.25, -0.2) is 19.3 Å². The maximum atomic E-state index is 11.9. The zero-order chi connectivity index (χ0) is 27.0. The molecule has 12 heteroatoms. The highest BCUT2D eigenvalue weighted by molar-refractivity contribution is 7.13. The number of rotatable bonds is 12. The van der Waals surface area contributed by atoms with Gasteiger partial charge in [0.25, 0.3) is 0 Å². The van der Waals surface area contributed by atoms with Gasteiger partial charge in [-0.15, -0.1) is 16.4 Å². The number of urea groups is 1. The molecule has 4 aromatic rings. The predicted molar refractivity (Wildman–Crippen MR) is 147 cm³/mol. The molecule has 0 spiro atoms. The predicted octanol–water partition coefficient (Wildman–Crippen LogP) is 4.05. The highest BCUT2D eigenvalue weighted by Gasteiger charge is 2.20. The fourth-order valence-corrected chi connectivity index (χ4v) is 5.10. The van der Waals surface area contributed by atoms with E-state index in [4.69, 9.17) is 14.8 Å². The van der Waals surface area contributed by atoms with Gasteiger partial charge in [-0.2, -0.15) is 0 Å². The molecule has 0 unspecified atom stereocenters. The maximum absolute atomic E-state index is 11.9. The first kappa shape index (κ1) is 26.2. The topological polar surface area (TPSA) is 134 Å². The summed E-state index contributed by atoms with van der Waals surface area (Å²) in [5, 5.41) is 25.3. The van der Waals surface area contributed by atoms with E-state index >= 15 is 0 Å². The Kier molecular flexibility index (Phi) is 8.32. The number of carboxylic acid groups (broad SMARTS) is 1. The number of aryl methyl sites for hydroxylation is 1. The number of carbonyl (C=O) groups is 2. The van der Waals surface area contributed by atoms with Crippen LogP contribution < -0.4 is 15.4 Å². The number of nitrogens with zero attached hydrogens (tertiary/aromatic N) is 5. The lowest BCUT2D eigenvalue weighted by atomic mass is 10.1.